The molecule has 0 saturated carbocycles. The van der Waals surface area contributed by atoms with Gasteiger partial charge in [0.2, 0.25) is 0 Å². The second kappa shape index (κ2) is 3.85. The first-order valence-electron chi connectivity index (χ1n) is 4.43. The van der Waals surface area contributed by atoms with E-state index in [2.05, 4.69) is 4.98 Å². The molecule has 1 aromatic rings. The highest BCUT2D eigenvalue weighted by Gasteiger charge is 2.30. The highest BCUT2D eigenvalue weighted by molar-refractivity contribution is 5.12. The number of hydrogen-bond acceptors (Lipinski definition) is 3. The van der Waals surface area contributed by atoms with Gasteiger partial charge < -0.3 is 10.8 Å². The van der Waals surface area contributed by atoms with Gasteiger partial charge in [0.15, 0.2) is 0 Å². The first-order chi connectivity index (χ1) is 6.09. The molecule has 1 aromatic heterocycles. The van der Waals surface area contributed by atoms with Crippen LogP contribution >= 0.6 is 0 Å². The summed E-state index contributed by atoms with van der Waals surface area (Å²) in [5.74, 6) is 0.00222. The van der Waals surface area contributed by atoms with Crippen molar-refractivity contribution in [2.75, 3.05) is 6.54 Å². The summed E-state index contributed by atoms with van der Waals surface area (Å²) in [5.41, 5.74) is 5.25. The van der Waals surface area contributed by atoms with Crippen LogP contribution in [0.25, 0.3) is 0 Å². The highest BCUT2D eigenvalue weighted by atomic mass is 16.3. The van der Waals surface area contributed by atoms with Crippen molar-refractivity contribution < 1.29 is 5.11 Å². The average Bonchev–Trinajstić information content (AvgIpc) is 2.18. The molecule has 3 nitrogen and oxygen atoms in total. The Morgan fingerprint density at radius 2 is 2.31 bits per heavy atom. The lowest BCUT2D eigenvalue weighted by Gasteiger charge is -2.28. The third kappa shape index (κ3) is 2.05. The SMILES string of the molecule is CC(CN)C(C)(O)c1ccccn1. The van der Waals surface area contributed by atoms with Crippen LogP contribution in [0.15, 0.2) is 24.4 Å². The van der Waals surface area contributed by atoms with Crippen LogP contribution in [0.1, 0.15) is 19.5 Å². The van der Waals surface area contributed by atoms with E-state index in [1.807, 2.05) is 25.1 Å². The highest BCUT2D eigenvalue weighted by Crippen LogP contribution is 2.26. The number of aliphatic hydroxyl groups is 1. The molecular formula is C10H16N2O. The molecule has 2 unspecified atom stereocenters. The molecule has 0 aliphatic carbocycles. The van der Waals surface area contributed by atoms with Crippen molar-refractivity contribution >= 4 is 0 Å². The third-order valence-corrected chi connectivity index (χ3v) is 2.50. The van der Waals surface area contributed by atoms with Gasteiger partial charge in [0.25, 0.3) is 0 Å². The van der Waals surface area contributed by atoms with E-state index in [4.69, 9.17) is 5.73 Å². The van der Waals surface area contributed by atoms with Gasteiger partial charge in [0, 0.05) is 12.1 Å². The second-order valence-corrected chi connectivity index (χ2v) is 3.50. The van der Waals surface area contributed by atoms with Crippen molar-refractivity contribution in [1.29, 1.82) is 0 Å². The van der Waals surface area contributed by atoms with Crippen LogP contribution in [0.5, 0.6) is 0 Å². The van der Waals surface area contributed by atoms with E-state index < -0.39 is 5.60 Å². The third-order valence-electron chi connectivity index (χ3n) is 2.50. The number of hydrogen-bond donors (Lipinski definition) is 2. The zero-order chi connectivity index (χ0) is 9.90. The van der Waals surface area contributed by atoms with Crippen molar-refractivity contribution in [2.45, 2.75) is 19.4 Å². The molecule has 0 fully saturated rings. The Balaban J connectivity index is 2.93. The van der Waals surface area contributed by atoms with Gasteiger partial charge in [0.1, 0.15) is 5.60 Å². The molecule has 0 aliphatic heterocycles. The molecule has 3 N–H and O–H groups in total. The summed E-state index contributed by atoms with van der Waals surface area (Å²) in [6.07, 6.45) is 1.67. The van der Waals surface area contributed by atoms with Crippen LogP contribution < -0.4 is 5.73 Å². The molecule has 1 heterocycles. The Kier molecular flexibility index (Phi) is 3.01. The molecule has 72 valence electrons. The second-order valence-electron chi connectivity index (χ2n) is 3.50. The van der Waals surface area contributed by atoms with Crippen molar-refractivity contribution in [1.82, 2.24) is 4.98 Å². The largest absolute Gasteiger partial charge is 0.384 e. The van der Waals surface area contributed by atoms with E-state index in [9.17, 15) is 5.11 Å². The lowest BCUT2D eigenvalue weighted by molar-refractivity contribution is 0.00108. The Hall–Kier alpha value is -0.930. The minimum Gasteiger partial charge on any atom is -0.384 e. The summed E-state index contributed by atoms with van der Waals surface area (Å²) in [4.78, 5) is 4.11. The summed E-state index contributed by atoms with van der Waals surface area (Å²) in [6.45, 7) is 4.10. The lowest BCUT2D eigenvalue weighted by Crippen LogP contribution is -2.35. The van der Waals surface area contributed by atoms with Gasteiger partial charge in [-0.15, -0.1) is 0 Å². The molecule has 0 amide bonds. The summed E-state index contributed by atoms with van der Waals surface area (Å²) in [7, 11) is 0. The Morgan fingerprint density at radius 3 is 2.77 bits per heavy atom. The molecule has 2 atom stereocenters. The predicted molar refractivity (Wildman–Crippen MR) is 52.0 cm³/mol. The quantitative estimate of drug-likeness (QED) is 0.726. The number of nitrogens with two attached hydrogens (primary N) is 1. The fourth-order valence-corrected chi connectivity index (χ4v) is 1.14. The molecule has 0 aromatic carbocycles. The molecule has 1 rings (SSSR count). The van der Waals surface area contributed by atoms with E-state index in [1.165, 1.54) is 0 Å². The Morgan fingerprint density at radius 1 is 1.62 bits per heavy atom. The average molecular weight is 180 g/mol. The monoisotopic (exact) mass is 180 g/mol. The molecule has 0 bridgehead atoms. The van der Waals surface area contributed by atoms with E-state index in [0.717, 1.165) is 0 Å². The zero-order valence-corrected chi connectivity index (χ0v) is 8.07. The van der Waals surface area contributed by atoms with Gasteiger partial charge in [-0.05, 0) is 25.6 Å². The van der Waals surface area contributed by atoms with Gasteiger partial charge in [-0.3, -0.25) is 4.98 Å². The normalized spacial score (nSPS) is 17.8. The first-order valence-corrected chi connectivity index (χ1v) is 4.43. The number of pyridine rings is 1. The zero-order valence-electron chi connectivity index (χ0n) is 8.07. The van der Waals surface area contributed by atoms with Crippen molar-refractivity contribution in [3.63, 3.8) is 0 Å². The number of nitrogens with zero attached hydrogens (tertiary/aromatic N) is 1. The fourth-order valence-electron chi connectivity index (χ4n) is 1.14. The Labute approximate surface area is 78.6 Å². The number of rotatable bonds is 3. The molecule has 0 aliphatic rings. The molecule has 0 spiro atoms. The smallest absolute Gasteiger partial charge is 0.107 e. The van der Waals surface area contributed by atoms with Crippen LogP contribution in [-0.2, 0) is 5.60 Å². The molecule has 3 heteroatoms. The summed E-state index contributed by atoms with van der Waals surface area (Å²) in [6, 6.07) is 5.50. The van der Waals surface area contributed by atoms with Crippen molar-refractivity contribution in [3.8, 4) is 0 Å². The molecular weight excluding hydrogens is 164 g/mol. The maximum Gasteiger partial charge on any atom is 0.107 e. The van der Waals surface area contributed by atoms with E-state index in [0.29, 0.717) is 12.2 Å². The van der Waals surface area contributed by atoms with Crippen LogP contribution in [0.4, 0.5) is 0 Å². The minimum atomic E-state index is -0.935. The van der Waals surface area contributed by atoms with Gasteiger partial charge in [0.05, 0.1) is 5.69 Å². The van der Waals surface area contributed by atoms with Crippen LogP contribution in [-0.4, -0.2) is 16.6 Å². The maximum atomic E-state index is 10.1. The maximum absolute atomic E-state index is 10.1. The fraction of sp³-hybridized carbons (Fsp3) is 0.500. The molecule has 0 radical (unpaired) electrons. The summed E-state index contributed by atoms with van der Waals surface area (Å²) in [5, 5.41) is 10.1. The van der Waals surface area contributed by atoms with E-state index in [-0.39, 0.29) is 5.92 Å². The van der Waals surface area contributed by atoms with Crippen LogP contribution in [0.2, 0.25) is 0 Å². The van der Waals surface area contributed by atoms with Crippen molar-refractivity contribution in [2.24, 2.45) is 11.7 Å². The molecule has 13 heavy (non-hydrogen) atoms. The standard InChI is InChI=1S/C10H16N2O/c1-8(7-11)10(2,13)9-5-3-4-6-12-9/h3-6,8,13H,7,11H2,1-2H3. The van der Waals surface area contributed by atoms with Crippen LogP contribution in [0.3, 0.4) is 0 Å². The topological polar surface area (TPSA) is 59.1 Å². The minimum absolute atomic E-state index is 0.00222. The van der Waals surface area contributed by atoms with Gasteiger partial charge in [-0.1, -0.05) is 13.0 Å². The summed E-state index contributed by atoms with van der Waals surface area (Å²) >= 11 is 0. The van der Waals surface area contributed by atoms with E-state index in [1.54, 1.807) is 13.1 Å². The lowest BCUT2D eigenvalue weighted by atomic mass is 9.87. The number of aromatic nitrogens is 1. The predicted octanol–water partition coefficient (Wildman–Crippen LogP) is 0.884. The molecule has 0 saturated heterocycles. The first kappa shape index (κ1) is 10.2. The Bertz CT molecular complexity index is 259. The summed E-state index contributed by atoms with van der Waals surface area (Å²) < 4.78 is 0. The van der Waals surface area contributed by atoms with E-state index >= 15 is 0 Å². The van der Waals surface area contributed by atoms with Gasteiger partial charge in [-0.2, -0.15) is 0 Å². The van der Waals surface area contributed by atoms with Gasteiger partial charge >= 0.3 is 0 Å². The van der Waals surface area contributed by atoms with Crippen molar-refractivity contribution in [3.05, 3.63) is 30.1 Å². The van der Waals surface area contributed by atoms with Crippen LogP contribution in [0, 0.1) is 5.92 Å². The van der Waals surface area contributed by atoms with Gasteiger partial charge in [-0.25, -0.2) is 0 Å².